The Bertz CT molecular complexity index is 1220. The lowest BCUT2D eigenvalue weighted by atomic mass is 9.97. The first kappa shape index (κ1) is 25.2. The Labute approximate surface area is 201 Å². The number of fused-ring (bicyclic) bond motifs is 1. The highest BCUT2D eigenvalue weighted by Gasteiger charge is 2.47. The smallest absolute Gasteiger partial charge is 0.497 e. The fourth-order valence-corrected chi connectivity index (χ4v) is 3.89. The molecule has 1 amide bonds. The molecular weight excluding hydrogens is 494 g/mol. The van der Waals surface area contributed by atoms with Gasteiger partial charge in [-0.3, -0.25) is 4.79 Å². The summed E-state index contributed by atoms with van der Waals surface area (Å²) in [5.74, 6) is -0.660. The number of alkyl halides is 6. The van der Waals surface area contributed by atoms with Gasteiger partial charge in [0.05, 0.1) is 13.2 Å². The number of nitrogens with zero attached hydrogens (tertiary/aromatic N) is 3. The Morgan fingerprint density at radius 1 is 1.03 bits per heavy atom. The van der Waals surface area contributed by atoms with Crippen molar-refractivity contribution < 1.29 is 40.6 Å². The number of nitrogens with one attached hydrogen (secondary N) is 1. The summed E-state index contributed by atoms with van der Waals surface area (Å²) >= 11 is 0. The van der Waals surface area contributed by atoms with E-state index >= 15 is 0 Å². The van der Waals surface area contributed by atoms with Crippen molar-refractivity contribution in [1.29, 1.82) is 0 Å². The van der Waals surface area contributed by atoms with Gasteiger partial charge in [-0.25, -0.2) is 4.68 Å². The van der Waals surface area contributed by atoms with Crippen LogP contribution >= 0.6 is 0 Å². The normalized spacial score (nSPS) is 17.7. The number of benzene rings is 2. The van der Waals surface area contributed by atoms with E-state index in [2.05, 4.69) is 15.2 Å². The van der Waals surface area contributed by atoms with Crippen molar-refractivity contribution >= 4 is 17.4 Å². The molecule has 7 nitrogen and oxygen atoms in total. The number of anilines is 2. The summed E-state index contributed by atoms with van der Waals surface area (Å²) in [7, 11) is 2.81. The van der Waals surface area contributed by atoms with E-state index in [-0.39, 0.29) is 23.6 Å². The zero-order chi connectivity index (χ0) is 26.3. The largest absolute Gasteiger partial charge is 0.573 e. The third-order valence-corrected chi connectivity index (χ3v) is 5.69. The average molecular weight is 514 g/mol. The Balaban J connectivity index is 1.59. The van der Waals surface area contributed by atoms with E-state index in [9.17, 15) is 31.1 Å². The number of halogens is 6. The van der Waals surface area contributed by atoms with E-state index in [1.807, 2.05) is 0 Å². The van der Waals surface area contributed by atoms with E-state index in [1.165, 1.54) is 32.4 Å². The average Bonchev–Trinajstić information content (AvgIpc) is 3.25. The summed E-state index contributed by atoms with van der Waals surface area (Å²) in [5, 5.41) is 6.92. The number of hydrogen-bond donors (Lipinski definition) is 1. The molecule has 2 aromatic carbocycles. The van der Waals surface area contributed by atoms with Crippen LogP contribution in [0.3, 0.4) is 0 Å². The van der Waals surface area contributed by atoms with Crippen molar-refractivity contribution in [2.45, 2.75) is 31.0 Å². The van der Waals surface area contributed by atoms with Gasteiger partial charge in [0.1, 0.15) is 17.3 Å². The number of aromatic nitrogens is 2. The molecule has 13 heteroatoms. The molecule has 0 saturated heterocycles. The number of rotatable bonds is 5. The molecule has 1 N–H and O–H groups in total. The van der Waals surface area contributed by atoms with Gasteiger partial charge in [0.15, 0.2) is 11.7 Å². The fraction of sp³-hybridized carbons (Fsp3) is 0.304. The van der Waals surface area contributed by atoms with Crippen molar-refractivity contribution in [3.8, 4) is 11.5 Å². The molecule has 1 aliphatic rings. The molecule has 0 saturated carbocycles. The molecule has 4 rings (SSSR count). The lowest BCUT2D eigenvalue weighted by Crippen LogP contribution is -2.35. The number of methoxy groups -OCH3 is 1. The molecule has 0 aliphatic carbocycles. The van der Waals surface area contributed by atoms with Gasteiger partial charge in [0.2, 0.25) is 0 Å². The molecule has 1 aromatic heterocycles. The molecule has 0 spiro atoms. The van der Waals surface area contributed by atoms with E-state index in [0.29, 0.717) is 11.3 Å². The molecule has 0 unspecified atom stereocenters. The predicted octanol–water partition coefficient (Wildman–Crippen LogP) is 5.73. The molecule has 192 valence electrons. The standard InChI is InChI=1S/C23H20F6N4O3/c1-32(14-5-9-16(10-6-14)36-23(27,28)29)21(34)18-12-20-30-17(13-3-7-15(35-2)8-4-13)11-19(22(24,25)26)33(20)31-18/h3-10,12,17,19,30H,11H2,1-2H3/t17-,19+/m1/s1. The monoisotopic (exact) mass is 514 g/mol. The van der Waals surface area contributed by atoms with E-state index in [1.54, 1.807) is 24.3 Å². The summed E-state index contributed by atoms with van der Waals surface area (Å²) in [6.45, 7) is 0. The molecule has 36 heavy (non-hydrogen) atoms. The Hall–Kier alpha value is -3.90. The maximum Gasteiger partial charge on any atom is 0.573 e. The van der Waals surface area contributed by atoms with Crippen molar-refractivity contribution in [2.24, 2.45) is 0 Å². The Morgan fingerprint density at radius 2 is 1.64 bits per heavy atom. The second-order valence-electron chi connectivity index (χ2n) is 8.03. The first-order valence-corrected chi connectivity index (χ1v) is 10.6. The van der Waals surface area contributed by atoms with Crippen LogP contribution in [0.15, 0.2) is 54.6 Å². The third kappa shape index (κ3) is 5.34. The lowest BCUT2D eigenvalue weighted by molar-refractivity contribution is -0.274. The van der Waals surface area contributed by atoms with Crippen LogP contribution in [0.1, 0.15) is 34.6 Å². The van der Waals surface area contributed by atoms with E-state index in [4.69, 9.17) is 4.74 Å². The van der Waals surface area contributed by atoms with Gasteiger partial charge in [-0.15, -0.1) is 13.2 Å². The molecule has 1 aliphatic heterocycles. The topological polar surface area (TPSA) is 68.6 Å². The van der Waals surface area contributed by atoms with Crippen molar-refractivity contribution in [1.82, 2.24) is 9.78 Å². The van der Waals surface area contributed by atoms with Gasteiger partial charge >= 0.3 is 12.5 Å². The predicted molar refractivity (Wildman–Crippen MR) is 117 cm³/mol. The van der Waals surface area contributed by atoms with Gasteiger partial charge in [-0.05, 0) is 42.0 Å². The maximum atomic E-state index is 13.9. The van der Waals surface area contributed by atoms with Gasteiger partial charge in [-0.2, -0.15) is 18.3 Å². The fourth-order valence-electron chi connectivity index (χ4n) is 3.89. The molecule has 0 bridgehead atoms. The van der Waals surface area contributed by atoms with Gasteiger partial charge in [-0.1, -0.05) is 12.1 Å². The summed E-state index contributed by atoms with van der Waals surface area (Å²) in [6.07, 6.45) is -9.85. The van der Waals surface area contributed by atoms with Crippen LogP contribution in [0.25, 0.3) is 0 Å². The Morgan fingerprint density at radius 3 is 2.19 bits per heavy atom. The minimum absolute atomic E-state index is 0.00932. The lowest BCUT2D eigenvalue weighted by Gasteiger charge is -2.33. The summed E-state index contributed by atoms with van der Waals surface area (Å²) in [5.41, 5.74) is 0.529. The third-order valence-electron chi connectivity index (χ3n) is 5.69. The van der Waals surface area contributed by atoms with E-state index in [0.717, 1.165) is 21.7 Å². The number of hydrogen-bond acceptors (Lipinski definition) is 5. The first-order valence-electron chi connectivity index (χ1n) is 10.6. The molecule has 2 atom stereocenters. The molecule has 0 radical (unpaired) electrons. The van der Waals surface area contributed by atoms with Gasteiger partial charge in [0, 0.05) is 25.2 Å². The van der Waals surface area contributed by atoms with Crippen LogP contribution in [0.5, 0.6) is 11.5 Å². The highest BCUT2D eigenvalue weighted by Crippen LogP contribution is 2.44. The molecular formula is C23H20F6N4O3. The second-order valence-corrected chi connectivity index (χ2v) is 8.03. The van der Waals surface area contributed by atoms with Crippen molar-refractivity contribution in [3.05, 3.63) is 65.9 Å². The van der Waals surface area contributed by atoms with Crippen LogP contribution in [0.2, 0.25) is 0 Å². The number of ether oxygens (including phenoxy) is 2. The van der Waals surface area contributed by atoms with Crippen molar-refractivity contribution in [3.63, 3.8) is 0 Å². The van der Waals surface area contributed by atoms with Gasteiger partial charge < -0.3 is 19.7 Å². The van der Waals surface area contributed by atoms with Crippen LogP contribution < -0.4 is 19.7 Å². The first-order chi connectivity index (χ1) is 16.9. The second kappa shape index (κ2) is 9.28. The summed E-state index contributed by atoms with van der Waals surface area (Å²) < 4.78 is 88.5. The summed E-state index contributed by atoms with van der Waals surface area (Å²) in [6, 6.07) is 9.59. The molecule has 3 aromatic rings. The molecule has 0 fully saturated rings. The number of carbonyl (C=O) groups excluding carboxylic acids is 1. The van der Waals surface area contributed by atoms with Crippen LogP contribution in [0.4, 0.5) is 37.8 Å². The minimum atomic E-state index is -4.87. The quantitative estimate of drug-likeness (QED) is 0.441. The minimum Gasteiger partial charge on any atom is -0.497 e. The van der Waals surface area contributed by atoms with Gasteiger partial charge in [0.25, 0.3) is 5.91 Å². The number of amides is 1. The zero-order valence-electron chi connectivity index (χ0n) is 18.9. The highest BCUT2D eigenvalue weighted by molar-refractivity contribution is 6.04. The highest BCUT2D eigenvalue weighted by atomic mass is 19.4. The van der Waals surface area contributed by atoms with Crippen LogP contribution in [-0.4, -0.2) is 42.4 Å². The van der Waals surface area contributed by atoms with Crippen LogP contribution in [-0.2, 0) is 0 Å². The van der Waals surface area contributed by atoms with E-state index < -0.39 is 36.3 Å². The van der Waals surface area contributed by atoms with Crippen LogP contribution in [0, 0.1) is 0 Å². The molecule has 2 heterocycles. The summed E-state index contributed by atoms with van der Waals surface area (Å²) in [4.78, 5) is 14.0. The SMILES string of the molecule is COc1ccc([C@H]2C[C@@H](C(F)(F)F)n3nc(C(=O)N(C)c4ccc(OC(F)(F)F)cc4)cc3N2)cc1. The number of carbonyl (C=O) groups is 1. The zero-order valence-corrected chi connectivity index (χ0v) is 18.9. The van der Waals surface area contributed by atoms with Crippen molar-refractivity contribution in [2.75, 3.05) is 24.4 Å². The maximum absolute atomic E-state index is 13.9. The Kier molecular flexibility index (Phi) is 6.50.